The van der Waals surface area contributed by atoms with Crippen molar-refractivity contribution in [3.8, 4) is 6.07 Å². The Labute approximate surface area is 116 Å². The average Bonchev–Trinajstić information content (AvgIpc) is 2.37. The second-order valence-electron chi connectivity index (χ2n) is 4.77. The van der Waals surface area contributed by atoms with Crippen molar-refractivity contribution in [3.63, 3.8) is 0 Å². The Morgan fingerprint density at radius 1 is 1.55 bits per heavy atom. The van der Waals surface area contributed by atoms with E-state index in [1.807, 2.05) is 13.8 Å². The Morgan fingerprint density at radius 3 is 2.65 bits per heavy atom. The molecular weight excluding hydrogens is 262 g/mol. The van der Waals surface area contributed by atoms with Crippen molar-refractivity contribution in [2.45, 2.75) is 26.3 Å². The van der Waals surface area contributed by atoms with E-state index in [0.717, 1.165) is 0 Å². The minimum atomic E-state index is -1.02. The summed E-state index contributed by atoms with van der Waals surface area (Å²) in [6.45, 7) is 3.78. The Balaban J connectivity index is 3.02. The van der Waals surface area contributed by atoms with Crippen LogP contribution in [0.4, 0.5) is 11.4 Å². The van der Waals surface area contributed by atoms with Crippen molar-refractivity contribution < 1.29 is 14.8 Å². The van der Waals surface area contributed by atoms with Crippen molar-refractivity contribution in [2.75, 3.05) is 5.32 Å². The van der Waals surface area contributed by atoms with Gasteiger partial charge in [-0.2, -0.15) is 5.26 Å². The highest BCUT2D eigenvalue weighted by Gasteiger charge is 2.20. The maximum atomic E-state index is 11.1. The lowest BCUT2D eigenvalue weighted by molar-refractivity contribution is -0.385. The first-order valence-corrected chi connectivity index (χ1v) is 6.03. The Hall–Kier alpha value is -2.62. The number of anilines is 1. The highest BCUT2D eigenvalue weighted by molar-refractivity contribution is 5.77. The molecule has 0 unspecified atom stereocenters. The first-order valence-electron chi connectivity index (χ1n) is 6.03. The molecular formula is C13H15N3O4. The van der Waals surface area contributed by atoms with Gasteiger partial charge in [0.1, 0.15) is 17.7 Å². The summed E-state index contributed by atoms with van der Waals surface area (Å²) >= 11 is 0. The van der Waals surface area contributed by atoms with E-state index in [1.54, 1.807) is 6.07 Å². The van der Waals surface area contributed by atoms with Crippen molar-refractivity contribution in [1.29, 1.82) is 5.26 Å². The number of rotatable bonds is 6. The summed E-state index contributed by atoms with van der Waals surface area (Å²) in [6, 6.07) is 4.83. The molecule has 0 aromatic heterocycles. The van der Waals surface area contributed by atoms with Gasteiger partial charge >= 0.3 is 5.97 Å². The topological polar surface area (TPSA) is 116 Å². The van der Waals surface area contributed by atoms with E-state index < -0.39 is 16.9 Å². The molecule has 0 aliphatic carbocycles. The normalized spacial score (nSPS) is 11.7. The molecule has 1 aromatic carbocycles. The van der Waals surface area contributed by atoms with Gasteiger partial charge in [-0.3, -0.25) is 10.1 Å². The van der Waals surface area contributed by atoms with Gasteiger partial charge in [0, 0.05) is 11.8 Å². The van der Waals surface area contributed by atoms with Gasteiger partial charge in [-0.1, -0.05) is 13.8 Å². The third-order valence-electron chi connectivity index (χ3n) is 2.66. The average molecular weight is 277 g/mol. The highest BCUT2D eigenvalue weighted by Crippen LogP contribution is 2.23. The van der Waals surface area contributed by atoms with Crippen LogP contribution in [0.5, 0.6) is 0 Å². The number of carboxylic acid groups (broad SMARTS) is 1. The van der Waals surface area contributed by atoms with E-state index in [-0.39, 0.29) is 17.2 Å². The Bertz CT molecular complexity index is 563. The number of nitriles is 1. The summed E-state index contributed by atoms with van der Waals surface area (Å²) in [6.07, 6.45) is 0.392. The summed E-state index contributed by atoms with van der Waals surface area (Å²) in [4.78, 5) is 21.3. The molecule has 1 aromatic rings. The molecule has 0 fully saturated rings. The van der Waals surface area contributed by atoms with Crippen molar-refractivity contribution in [2.24, 2.45) is 5.92 Å². The van der Waals surface area contributed by atoms with Gasteiger partial charge in [0.25, 0.3) is 5.69 Å². The summed E-state index contributed by atoms with van der Waals surface area (Å²) in [5.74, 6) is -0.859. The summed E-state index contributed by atoms with van der Waals surface area (Å²) < 4.78 is 0. The number of nitrogens with one attached hydrogen (secondary N) is 1. The fourth-order valence-corrected chi connectivity index (χ4v) is 1.76. The van der Waals surface area contributed by atoms with Crippen LogP contribution in [0.15, 0.2) is 18.2 Å². The van der Waals surface area contributed by atoms with Crippen LogP contribution in [-0.2, 0) is 4.79 Å². The first-order chi connectivity index (χ1) is 9.35. The number of hydrogen-bond donors (Lipinski definition) is 2. The molecule has 0 aliphatic heterocycles. The monoisotopic (exact) mass is 277 g/mol. The third-order valence-corrected chi connectivity index (χ3v) is 2.66. The fraction of sp³-hybridized carbons (Fsp3) is 0.385. The lowest BCUT2D eigenvalue weighted by Crippen LogP contribution is -2.30. The van der Waals surface area contributed by atoms with Gasteiger partial charge in [-0.05, 0) is 24.5 Å². The van der Waals surface area contributed by atoms with Crippen LogP contribution >= 0.6 is 0 Å². The lowest BCUT2D eigenvalue weighted by atomic mass is 10.0. The zero-order chi connectivity index (χ0) is 15.3. The third kappa shape index (κ3) is 3.95. The van der Waals surface area contributed by atoms with Crippen molar-refractivity contribution in [1.82, 2.24) is 0 Å². The van der Waals surface area contributed by atoms with Gasteiger partial charge < -0.3 is 10.4 Å². The van der Waals surface area contributed by atoms with Gasteiger partial charge in [-0.25, -0.2) is 4.79 Å². The molecule has 1 atom stereocenters. The maximum absolute atomic E-state index is 11.1. The zero-order valence-electron chi connectivity index (χ0n) is 11.2. The standard InChI is InChI=1S/C13H15N3O4/c1-8(2)5-11(13(17)18)15-10-4-3-9(7-14)12(6-10)16(19)20/h3-4,6,8,11,15H,5H2,1-2H3,(H,17,18)/t11-/m0/s1. The van der Waals surface area contributed by atoms with Gasteiger partial charge in [0.05, 0.1) is 4.92 Å². The second-order valence-corrected chi connectivity index (χ2v) is 4.77. The molecule has 0 heterocycles. The molecule has 0 spiro atoms. The van der Waals surface area contributed by atoms with Crippen molar-refractivity contribution >= 4 is 17.3 Å². The van der Waals surface area contributed by atoms with Crippen LogP contribution < -0.4 is 5.32 Å². The lowest BCUT2D eigenvalue weighted by Gasteiger charge is -2.17. The van der Waals surface area contributed by atoms with Crippen LogP contribution in [0.2, 0.25) is 0 Å². The molecule has 20 heavy (non-hydrogen) atoms. The largest absolute Gasteiger partial charge is 0.480 e. The minimum Gasteiger partial charge on any atom is -0.480 e. The van der Waals surface area contributed by atoms with E-state index in [4.69, 9.17) is 10.4 Å². The maximum Gasteiger partial charge on any atom is 0.326 e. The number of carboxylic acids is 1. The SMILES string of the molecule is CC(C)C[C@H](Nc1ccc(C#N)c([N+](=O)[O-])c1)C(=O)O. The quantitative estimate of drug-likeness (QED) is 0.609. The molecule has 0 saturated heterocycles. The van der Waals surface area contributed by atoms with Gasteiger partial charge in [0.2, 0.25) is 0 Å². The van der Waals surface area contributed by atoms with E-state index in [0.29, 0.717) is 12.1 Å². The number of aliphatic carboxylic acids is 1. The molecule has 7 nitrogen and oxygen atoms in total. The zero-order valence-corrected chi connectivity index (χ0v) is 11.2. The van der Waals surface area contributed by atoms with Crippen LogP contribution in [0.25, 0.3) is 0 Å². The van der Waals surface area contributed by atoms with E-state index in [1.165, 1.54) is 18.2 Å². The molecule has 0 saturated carbocycles. The summed E-state index contributed by atoms with van der Waals surface area (Å²) in [5.41, 5.74) is -0.0915. The minimum absolute atomic E-state index is 0.0590. The van der Waals surface area contributed by atoms with Crippen LogP contribution in [0.1, 0.15) is 25.8 Å². The second kappa shape index (κ2) is 6.52. The number of nitro benzene ring substituents is 1. The Kier molecular flexibility index (Phi) is 5.03. The van der Waals surface area contributed by atoms with E-state index >= 15 is 0 Å². The van der Waals surface area contributed by atoms with Gasteiger partial charge in [-0.15, -0.1) is 0 Å². The van der Waals surface area contributed by atoms with E-state index in [9.17, 15) is 14.9 Å². The van der Waals surface area contributed by atoms with Crippen LogP contribution in [0.3, 0.4) is 0 Å². The highest BCUT2D eigenvalue weighted by atomic mass is 16.6. The predicted octanol–water partition coefficient (Wildman–Crippen LogP) is 2.38. The first kappa shape index (κ1) is 15.4. The molecule has 106 valence electrons. The Morgan fingerprint density at radius 2 is 2.20 bits per heavy atom. The number of carbonyl (C=O) groups is 1. The molecule has 0 bridgehead atoms. The summed E-state index contributed by atoms with van der Waals surface area (Å²) in [5, 5.41) is 31.5. The fourth-order valence-electron chi connectivity index (χ4n) is 1.76. The van der Waals surface area contributed by atoms with Gasteiger partial charge in [0.15, 0.2) is 0 Å². The number of nitro groups is 1. The molecule has 7 heteroatoms. The summed E-state index contributed by atoms with van der Waals surface area (Å²) in [7, 11) is 0. The molecule has 1 rings (SSSR count). The van der Waals surface area contributed by atoms with E-state index in [2.05, 4.69) is 5.32 Å². The number of hydrogen-bond acceptors (Lipinski definition) is 5. The molecule has 2 N–H and O–H groups in total. The number of benzene rings is 1. The van der Waals surface area contributed by atoms with Crippen molar-refractivity contribution in [3.05, 3.63) is 33.9 Å². The molecule has 0 amide bonds. The molecule has 0 radical (unpaired) electrons. The van der Waals surface area contributed by atoms with Crippen LogP contribution in [0, 0.1) is 27.4 Å². The molecule has 0 aliphatic rings. The number of nitrogens with zero attached hydrogens (tertiary/aromatic N) is 2. The smallest absolute Gasteiger partial charge is 0.326 e. The predicted molar refractivity (Wildman–Crippen MR) is 72.3 cm³/mol. The van der Waals surface area contributed by atoms with Crippen LogP contribution in [-0.4, -0.2) is 22.0 Å².